The fourth-order valence-electron chi connectivity index (χ4n) is 2.06. The van der Waals surface area contributed by atoms with E-state index in [1.165, 1.54) is 0 Å². The zero-order chi connectivity index (χ0) is 10.6. The van der Waals surface area contributed by atoms with E-state index in [-0.39, 0.29) is 12.1 Å². The van der Waals surface area contributed by atoms with Gasteiger partial charge in [0, 0.05) is 5.69 Å². The zero-order valence-corrected chi connectivity index (χ0v) is 8.87. The van der Waals surface area contributed by atoms with Gasteiger partial charge in [-0.05, 0) is 38.1 Å². The summed E-state index contributed by atoms with van der Waals surface area (Å²) in [4.78, 5) is 0. The van der Waals surface area contributed by atoms with Gasteiger partial charge in [0.15, 0.2) is 0 Å². The summed E-state index contributed by atoms with van der Waals surface area (Å²) in [5, 5.41) is 16.3. The Hall–Kier alpha value is -1.06. The molecule has 1 fully saturated rings. The molecule has 1 aromatic rings. The summed E-state index contributed by atoms with van der Waals surface area (Å²) < 4.78 is 0. The summed E-state index contributed by atoms with van der Waals surface area (Å²) in [7, 11) is 0. The van der Waals surface area contributed by atoms with Crippen molar-refractivity contribution in [2.24, 2.45) is 0 Å². The molecule has 0 aromatic heterocycles. The van der Waals surface area contributed by atoms with E-state index < -0.39 is 0 Å². The van der Waals surface area contributed by atoms with E-state index in [1.54, 1.807) is 0 Å². The van der Waals surface area contributed by atoms with E-state index >= 15 is 0 Å². The predicted octanol–water partition coefficient (Wildman–Crippen LogP) is 1.21. The zero-order valence-electron chi connectivity index (χ0n) is 8.87. The molecule has 2 rings (SSSR count). The van der Waals surface area contributed by atoms with Crippen LogP contribution in [0.15, 0.2) is 30.3 Å². The first-order valence-corrected chi connectivity index (χ1v) is 5.49. The Morgan fingerprint density at radius 2 is 1.87 bits per heavy atom. The highest BCUT2D eigenvalue weighted by atomic mass is 16.3. The van der Waals surface area contributed by atoms with E-state index in [4.69, 9.17) is 0 Å². The Labute approximate surface area is 90.5 Å². The van der Waals surface area contributed by atoms with Crippen LogP contribution in [0.1, 0.15) is 12.8 Å². The number of piperidine rings is 1. The lowest BCUT2D eigenvalue weighted by atomic mass is 9.89. The number of benzene rings is 1. The van der Waals surface area contributed by atoms with Gasteiger partial charge in [-0.1, -0.05) is 18.2 Å². The summed E-state index contributed by atoms with van der Waals surface area (Å²) in [5.74, 6) is 0. The average molecular weight is 206 g/mol. The summed E-state index contributed by atoms with van der Waals surface area (Å²) >= 11 is 0. The minimum Gasteiger partial charge on any atom is -0.394 e. The van der Waals surface area contributed by atoms with Gasteiger partial charge in [-0.25, -0.2) is 0 Å². The van der Waals surface area contributed by atoms with Gasteiger partial charge in [-0.3, -0.25) is 0 Å². The highest BCUT2D eigenvalue weighted by Gasteiger charge is 2.30. The molecular weight excluding hydrogens is 188 g/mol. The maximum absolute atomic E-state index is 9.51. The molecule has 0 amide bonds. The predicted molar refractivity (Wildman–Crippen MR) is 62.0 cm³/mol. The maximum atomic E-state index is 9.51. The fourth-order valence-corrected chi connectivity index (χ4v) is 2.06. The van der Waals surface area contributed by atoms with Crippen molar-refractivity contribution < 1.29 is 5.11 Å². The Balaban J connectivity index is 2.07. The highest BCUT2D eigenvalue weighted by molar-refractivity contribution is 5.45. The van der Waals surface area contributed by atoms with Gasteiger partial charge in [0.2, 0.25) is 0 Å². The molecule has 1 aliphatic rings. The molecular formula is C12H18N2O. The number of hydrogen-bond acceptors (Lipinski definition) is 3. The maximum Gasteiger partial charge on any atom is 0.0662 e. The topological polar surface area (TPSA) is 44.3 Å². The summed E-state index contributed by atoms with van der Waals surface area (Å²) in [6, 6.07) is 10.1. The second-order valence-corrected chi connectivity index (χ2v) is 4.18. The van der Waals surface area contributed by atoms with Crippen molar-refractivity contribution in [3.63, 3.8) is 0 Å². The second-order valence-electron chi connectivity index (χ2n) is 4.18. The van der Waals surface area contributed by atoms with Crippen LogP contribution in [0.4, 0.5) is 5.69 Å². The molecule has 0 unspecified atom stereocenters. The third-order valence-electron chi connectivity index (χ3n) is 3.05. The lowest BCUT2D eigenvalue weighted by Gasteiger charge is -2.37. The van der Waals surface area contributed by atoms with Gasteiger partial charge < -0.3 is 15.7 Å². The van der Waals surface area contributed by atoms with Crippen molar-refractivity contribution in [3.8, 4) is 0 Å². The van der Waals surface area contributed by atoms with Crippen LogP contribution in [-0.4, -0.2) is 30.3 Å². The van der Waals surface area contributed by atoms with E-state index in [0.29, 0.717) is 0 Å². The van der Waals surface area contributed by atoms with E-state index in [0.717, 1.165) is 31.6 Å². The van der Waals surface area contributed by atoms with Gasteiger partial charge in [-0.15, -0.1) is 0 Å². The molecule has 3 N–H and O–H groups in total. The third kappa shape index (κ3) is 2.49. The molecule has 0 radical (unpaired) electrons. The molecule has 15 heavy (non-hydrogen) atoms. The third-order valence-corrected chi connectivity index (χ3v) is 3.05. The van der Waals surface area contributed by atoms with Crippen LogP contribution < -0.4 is 10.6 Å². The van der Waals surface area contributed by atoms with Gasteiger partial charge in [0.25, 0.3) is 0 Å². The first-order chi connectivity index (χ1) is 7.35. The fraction of sp³-hybridized carbons (Fsp3) is 0.500. The van der Waals surface area contributed by atoms with E-state index in [2.05, 4.69) is 10.6 Å². The van der Waals surface area contributed by atoms with Crippen LogP contribution in [0.25, 0.3) is 0 Å². The molecule has 0 saturated carbocycles. The van der Waals surface area contributed by atoms with Crippen molar-refractivity contribution in [1.29, 1.82) is 0 Å². The normalized spacial score (nSPS) is 19.8. The molecule has 3 nitrogen and oxygen atoms in total. The number of rotatable bonds is 3. The van der Waals surface area contributed by atoms with Crippen LogP contribution >= 0.6 is 0 Å². The molecule has 1 heterocycles. The van der Waals surface area contributed by atoms with Gasteiger partial charge in [0.05, 0.1) is 12.1 Å². The van der Waals surface area contributed by atoms with Crippen molar-refractivity contribution in [3.05, 3.63) is 30.3 Å². The SMILES string of the molecule is OCC1(Nc2ccccc2)CCNCC1. The molecule has 0 bridgehead atoms. The van der Waals surface area contributed by atoms with Crippen LogP contribution in [0.2, 0.25) is 0 Å². The van der Waals surface area contributed by atoms with Crippen molar-refractivity contribution in [2.75, 3.05) is 25.0 Å². The largest absolute Gasteiger partial charge is 0.394 e. The first kappa shape index (κ1) is 10.5. The van der Waals surface area contributed by atoms with Crippen molar-refractivity contribution in [2.45, 2.75) is 18.4 Å². The molecule has 1 saturated heterocycles. The quantitative estimate of drug-likeness (QED) is 0.696. The number of hydrogen-bond donors (Lipinski definition) is 3. The molecule has 82 valence electrons. The molecule has 1 aromatic carbocycles. The lowest BCUT2D eigenvalue weighted by molar-refractivity contribution is 0.179. The summed E-state index contributed by atoms with van der Waals surface area (Å²) in [6.45, 7) is 2.14. The van der Waals surface area contributed by atoms with Gasteiger partial charge in [0.1, 0.15) is 0 Å². The minimum atomic E-state index is -0.132. The minimum absolute atomic E-state index is 0.132. The van der Waals surface area contributed by atoms with Crippen LogP contribution in [0, 0.1) is 0 Å². The Morgan fingerprint density at radius 3 is 2.47 bits per heavy atom. The molecule has 0 aliphatic carbocycles. The van der Waals surface area contributed by atoms with Crippen LogP contribution in [-0.2, 0) is 0 Å². The van der Waals surface area contributed by atoms with Gasteiger partial charge >= 0.3 is 0 Å². The Bertz CT molecular complexity index is 294. The Kier molecular flexibility index (Phi) is 3.23. The standard InChI is InChI=1S/C12H18N2O/c15-10-12(6-8-13-9-7-12)14-11-4-2-1-3-5-11/h1-5,13-15H,6-10H2. The first-order valence-electron chi connectivity index (χ1n) is 5.49. The number of para-hydroxylation sites is 1. The van der Waals surface area contributed by atoms with Crippen molar-refractivity contribution >= 4 is 5.69 Å². The molecule has 0 atom stereocenters. The molecule has 0 spiro atoms. The smallest absolute Gasteiger partial charge is 0.0662 e. The number of aliphatic hydroxyl groups is 1. The van der Waals surface area contributed by atoms with Crippen LogP contribution in [0.3, 0.4) is 0 Å². The van der Waals surface area contributed by atoms with Gasteiger partial charge in [-0.2, -0.15) is 0 Å². The van der Waals surface area contributed by atoms with E-state index in [1.807, 2.05) is 30.3 Å². The number of nitrogens with one attached hydrogen (secondary N) is 2. The lowest BCUT2D eigenvalue weighted by Crippen LogP contribution is -2.50. The van der Waals surface area contributed by atoms with Crippen molar-refractivity contribution in [1.82, 2.24) is 5.32 Å². The Morgan fingerprint density at radius 1 is 1.20 bits per heavy atom. The average Bonchev–Trinajstić information content (AvgIpc) is 2.32. The molecule has 1 aliphatic heterocycles. The van der Waals surface area contributed by atoms with E-state index in [9.17, 15) is 5.11 Å². The summed E-state index contributed by atoms with van der Waals surface area (Å²) in [6.07, 6.45) is 1.94. The molecule has 3 heteroatoms. The second kappa shape index (κ2) is 4.64. The number of aliphatic hydroxyl groups excluding tert-OH is 1. The van der Waals surface area contributed by atoms with Crippen LogP contribution in [0.5, 0.6) is 0 Å². The summed E-state index contributed by atoms with van der Waals surface area (Å²) in [5.41, 5.74) is 0.959. The monoisotopic (exact) mass is 206 g/mol. The highest BCUT2D eigenvalue weighted by Crippen LogP contribution is 2.23. The number of anilines is 1.